The molecule has 2 aromatic heterocycles. The van der Waals surface area contributed by atoms with Crippen molar-refractivity contribution in [1.82, 2.24) is 9.55 Å². The van der Waals surface area contributed by atoms with E-state index in [1.807, 2.05) is 30.3 Å². The van der Waals surface area contributed by atoms with Crippen molar-refractivity contribution in [1.29, 1.82) is 0 Å². The molecule has 0 fully saturated rings. The second kappa shape index (κ2) is 8.94. The molecule has 0 unspecified atom stereocenters. The van der Waals surface area contributed by atoms with Crippen LogP contribution in [0.25, 0.3) is 32.7 Å². The summed E-state index contributed by atoms with van der Waals surface area (Å²) in [6, 6.07) is 18.6. The average Bonchev–Trinajstić information content (AvgIpc) is 3.51. The number of ketones is 2. The minimum Gasteiger partial charge on any atom is -0.294 e. The molecule has 1 aliphatic rings. The van der Waals surface area contributed by atoms with Crippen molar-refractivity contribution in [2.75, 3.05) is 0 Å². The highest BCUT2D eigenvalue weighted by Gasteiger charge is 2.34. The molecule has 38 heavy (non-hydrogen) atoms. The number of para-hydroxylation sites is 1. The molecule has 0 saturated heterocycles. The lowest BCUT2D eigenvalue weighted by Crippen LogP contribution is -2.04. The normalized spacial score (nSPS) is 13.4. The maximum atomic E-state index is 13.1. The Morgan fingerprint density at radius 2 is 1.45 bits per heavy atom. The zero-order valence-electron chi connectivity index (χ0n) is 19.0. The lowest BCUT2D eigenvalue weighted by Gasteiger charge is -2.08. The molecule has 0 bridgehead atoms. The van der Waals surface area contributed by atoms with Crippen LogP contribution in [0.5, 0.6) is 0 Å². The molecule has 188 valence electrons. The average molecular weight is 569 g/mol. The molecule has 0 saturated carbocycles. The lowest BCUT2D eigenvalue weighted by molar-refractivity contribution is -0.137. The molecule has 2 heterocycles. The molecule has 5 aromatic rings. The Labute approximate surface area is 227 Å². The molecule has 10 heteroatoms. The summed E-state index contributed by atoms with van der Waals surface area (Å²) < 4.78 is 41.5. The van der Waals surface area contributed by atoms with Crippen molar-refractivity contribution in [2.45, 2.75) is 6.18 Å². The summed E-state index contributed by atoms with van der Waals surface area (Å²) in [6.45, 7) is 0. The summed E-state index contributed by atoms with van der Waals surface area (Å²) >= 11 is 13.4. The van der Waals surface area contributed by atoms with Gasteiger partial charge in [-0.15, -0.1) is 11.3 Å². The summed E-state index contributed by atoms with van der Waals surface area (Å²) in [7, 11) is 0. The summed E-state index contributed by atoms with van der Waals surface area (Å²) in [5.74, 6) is -0.905. The van der Waals surface area contributed by atoms with Gasteiger partial charge in [-0.05, 0) is 48.5 Å². The number of allylic oxidation sites excluding steroid dienone is 1. The van der Waals surface area contributed by atoms with Crippen LogP contribution >= 0.6 is 34.5 Å². The first-order chi connectivity index (χ1) is 18.1. The van der Waals surface area contributed by atoms with E-state index in [9.17, 15) is 22.8 Å². The second-order valence-corrected chi connectivity index (χ2v) is 10.4. The van der Waals surface area contributed by atoms with Gasteiger partial charge in [0.05, 0.1) is 31.6 Å². The largest absolute Gasteiger partial charge is 0.416 e. The molecular weight excluding hydrogens is 556 g/mol. The van der Waals surface area contributed by atoms with Gasteiger partial charge in [-0.3, -0.25) is 14.2 Å². The molecule has 4 nitrogen and oxygen atoms in total. The Kier molecular flexibility index (Phi) is 5.79. The molecule has 0 atom stereocenters. The third kappa shape index (κ3) is 4.05. The number of carbonyl (C=O) groups excluding carboxylic acids is 2. The monoisotopic (exact) mass is 568 g/mol. The summed E-state index contributed by atoms with van der Waals surface area (Å²) in [5, 5.41) is 0.902. The van der Waals surface area contributed by atoms with E-state index in [0.29, 0.717) is 21.9 Å². The fraction of sp³-hybridized carbons (Fsp3) is 0.0357. The maximum absolute atomic E-state index is 13.1. The van der Waals surface area contributed by atoms with Crippen molar-refractivity contribution >= 4 is 62.5 Å². The van der Waals surface area contributed by atoms with E-state index in [0.717, 1.165) is 22.5 Å². The smallest absolute Gasteiger partial charge is 0.294 e. The highest BCUT2D eigenvalue weighted by Crippen LogP contribution is 2.38. The first-order valence-electron chi connectivity index (χ1n) is 11.2. The number of aromatic nitrogens is 2. The number of benzene rings is 3. The minimum atomic E-state index is -4.43. The van der Waals surface area contributed by atoms with Gasteiger partial charge in [0.25, 0.3) is 0 Å². The van der Waals surface area contributed by atoms with E-state index >= 15 is 0 Å². The van der Waals surface area contributed by atoms with Gasteiger partial charge in [-0.25, -0.2) is 4.98 Å². The minimum absolute atomic E-state index is 0.0244. The van der Waals surface area contributed by atoms with Crippen LogP contribution in [0.2, 0.25) is 10.0 Å². The SMILES string of the molecule is O=C1C(=Cc2cc3sc(-c4ccc(C(F)(F)F)cc4)nc3n2-c2ccccc2)C(=O)c2cc(Cl)c(Cl)cc21. The predicted octanol–water partition coefficient (Wildman–Crippen LogP) is 8.54. The van der Waals surface area contributed by atoms with E-state index in [-0.39, 0.29) is 26.7 Å². The number of rotatable bonds is 3. The van der Waals surface area contributed by atoms with Crippen LogP contribution in [0.1, 0.15) is 32.0 Å². The highest BCUT2D eigenvalue weighted by molar-refractivity contribution is 7.21. The van der Waals surface area contributed by atoms with Crippen LogP contribution in [0.4, 0.5) is 13.2 Å². The Morgan fingerprint density at radius 3 is 2.03 bits per heavy atom. The first-order valence-corrected chi connectivity index (χ1v) is 12.7. The van der Waals surface area contributed by atoms with E-state index in [2.05, 4.69) is 0 Å². The molecule has 6 rings (SSSR count). The molecular formula is C28H13Cl2F3N2O2S. The number of hydrogen-bond acceptors (Lipinski definition) is 4. The van der Waals surface area contributed by atoms with E-state index in [1.165, 1.54) is 41.7 Å². The van der Waals surface area contributed by atoms with E-state index < -0.39 is 23.3 Å². The van der Waals surface area contributed by atoms with Crippen molar-refractivity contribution < 1.29 is 22.8 Å². The summed E-state index contributed by atoms with van der Waals surface area (Å²) in [4.78, 5) is 31.0. The standard InChI is InChI=1S/C28H13Cl2F3N2O2S/c29-21-12-18-19(13-22(21)30)25(37)20(24(18)36)10-17-11-23-26(35(17)16-4-2-1-3-5-16)34-27(38-23)14-6-8-15(9-7-14)28(31,32)33/h1-13H. The fourth-order valence-electron chi connectivity index (χ4n) is 4.37. The molecule has 3 aromatic carbocycles. The quantitative estimate of drug-likeness (QED) is 0.162. The summed E-state index contributed by atoms with van der Waals surface area (Å²) in [6.07, 6.45) is -2.91. The predicted molar refractivity (Wildman–Crippen MR) is 142 cm³/mol. The number of hydrogen-bond donors (Lipinski definition) is 0. The number of nitrogens with zero attached hydrogens (tertiary/aromatic N) is 2. The van der Waals surface area contributed by atoms with Gasteiger partial charge in [-0.1, -0.05) is 53.5 Å². The topological polar surface area (TPSA) is 52.0 Å². The molecule has 0 aliphatic heterocycles. The Balaban J connectivity index is 1.48. The lowest BCUT2D eigenvalue weighted by atomic mass is 10.1. The van der Waals surface area contributed by atoms with Crippen LogP contribution in [-0.4, -0.2) is 21.1 Å². The van der Waals surface area contributed by atoms with Crippen LogP contribution in [0.15, 0.2) is 78.4 Å². The van der Waals surface area contributed by atoms with E-state index in [4.69, 9.17) is 28.2 Å². The Morgan fingerprint density at radius 1 is 0.842 bits per heavy atom. The number of carbonyl (C=O) groups is 2. The third-order valence-electron chi connectivity index (χ3n) is 6.19. The first kappa shape index (κ1) is 24.6. The van der Waals surface area contributed by atoms with Crippen LogP contribution < -0.4 is 0 Å². The second-order valence-electron chi connectivity index (χ2n) is 8.55. The zero-order valence-corrected chi connectivity index (χ0v) is 21.3. The van der Waals surface area contributed by atoms with Crippen molar-refractivity contribution in [3.8, 4) is 16.3 Å². The van der Waals surface area contributed by atoms with Gasteiger partial charge in [0.15, 0.2) is 17.2 Å². The van der Waals surface area contributed by atoms with Crippen LogP contribution in [0.3, 0.4) is 0 Å². The highest BCUT2D eigenvalue weighted by atomic mass is 35.5. The third-order valence-corrected chi connectivity index (χ3v) is 7.95. The number of alkyl halides is 3. The molecule has 0 N–H and O–H groups in total. The number of halogens is 5. The van der Waals surface area contributed by atoms with Crippen LogP contribution in [-0.2, 0) is 6.18 Å². The maximum Gasteiger partial charge on any atom is 0.416 e. The van der Waals surface area contributed by atoms with Gasteiger partial charge in [0, 0.05) is 22.4 Å². The number of thiazole rings is 1. The summed E-state index contributed by atoms with van der Waals surface area (Å²) in [5.41, 5.74) is 2.00. The number of Topliss-reactive ketones (excluding diaryl/α,β-unsaturated/α-hetero) is 2. The van der Waals surface area contributed by atoms with Gasteiger partial charge in [-0.2, -0.15) is 13.2 Å². The van der Waals surface area contributed by atoms with Crippen molar-refractivity contribution in [3.63, 3.8) is 0 Å². The van der Waals surface area contributed by atoms with Crippen LogP contribution in [0, 0.1) is 0 Å². The Bertz CT molecular complexity index is 1760. The van der Waals surface area contributed by atoms with E-state index in [1.54, 1.807) is 10.6 Å². The molecule has 0 radical (unpaired) electrons. The van der Waals surface area contributed by atoms with Gasteiger partial charge in [0.2, 0.25) is 0 Å². The van der Waals surface area contributed by atoms with Gasteiger partial charge >= 0.3 is 6.18 Å². The molecule has 0 amide bonds. The van der Waals surface area contributed by atoms with Crippen molar-refractivity contribution in [3.05, 3.63) is 111 Å². The van der Waals surface area contributed by atoms with Gasteiger partial charge in [0.1, 0.15) is 5.01 Å². The molecule has 0 spiro atoms. The fourth-order valence-corrected chi connectivity index (χ4v) is 5.70. The zero-order chi connectivity index (χ0) is 26.8. The number of fused-ring (bicyclic) bond motifs is 2. The Hall–Kier alpha value is -3.72. The molecule has 1 aliphatic carbocycles. The van der Waals surface area contributed by atoms with Gasteiger partial charge < -0.3 is 0 Å². The van der Waals surface area contributed by atoms with Crippen molar-refractivity contribution in [2.24, 2.45) is 0 Å².